The molecule has 0 aliphatic heterocycles. The lowest BCUT2D eigenvalue weighted by Gasteiger charge is -2.04. The Bertz CT molecular complexity index is 718. The third kappa shape index (κ3) is 6.40. The molecule has 9 heteroatoms. The molecule has 2 aromatic rings. The molecule has 8 nitrogen and oxygen atoms in total. The van der Waals surface area contributed by atoms with Crippen molar-refractivity contribution in [3.63, 3.8) is 0 Å². The summed E-state index contributed by atoms with van der Waals surface area (Å²) in [5, 5.41) is 13.4. The molecule has 2 amide bonds. The van der Waals surface area contributed by atoms with Crippen molar-refractivity contribution in [2.75, 3.05) is 25.4 Å². The van der Waals surface area contributed by atoms with Gasteiger partial charge >= 0.3 is 0 Å². The topological polar surface area (TPSA) is 106 Å². The van der Waals surface area contributed by atoms with Crippen molar-refractivity contribution in [3.8, 4) is 17.2 Å². The van der Waals surface area contributed by atoms with Crippen molar-refractivity contribution in [1.82, 2.24) is 20.8 Å². The van der Waals surface area contributed by atoms with E-state index in [0.717, 1.165) is 29.5 Å². The zero-order chi connectivity index (χ0) is 18.8. The second-order valence-electron chi connectivity index (χ2n) is 5.25. The molecule has 1 heterocycles. The molecule has 0 aliphatic carbocycles. The van der Waals surface area contributed by atoms with Gasteiger partial charge in [0, 0.05) is 12.1 Å². The number of thioether (sulfide) groups is 1. The number of benzene rings is 1. The first kappa shape index (κ1) is 19.8. The third-order valence-electron chi connectivity index (χ3n) is 3.16. The molecular weight excluding hydrogens is 356 g/mol. The highest BCUT2D eigenvalue weighted by Crippen LogP contribution is 2.24. The SMILES string of the molecule is CCCNC(=O)CNC(=O)CSc1nnc(-c2ccc(OCC)cc2)o1. The quantitative estimate of drug-likeness (QED) is 0.608. The molecular formula is C17H22N4O4S. The second-order valence-corrected chi connectivity index (χ2v) is 6.17. The van der Waals surface area contributed by atoms with Crippen molar-refractivity contribution < 1.29 is 18.7 Å². The van der Waals surface area contributed by atoms with E-state index in [9.17, 15) is 9.59 Å². The number of nitrogens with one attached hydrogen (secondary N) is 2. The molecule has 1 aromatic heterocycles. The van der Waals surface area contributed by atoms with Gasteiger partial charge < -0.3 is 19.8 Å². The van der Waals surface area contributed by atoms with Gasteiger partial charge in [-0.15, -0.1) is 10.2 Å². The lowest BCUT2D eigenvalue weighted by molar-refractivity contribution is -0.124. The Morgan fingerprint density at radius 1 is 1.12 bits per heavy atom. The van der Waals surface area contributed by atoms with E-state index in [1.54, 1.807) is 0 Å². The highest BCUT2D eigenvalue weighted by Gasteiger charge is 2.12. The molecule has 2 rings (SSSR count). The van der Waals surface area contributed by atoms with Crippen LogP contribution in [0.4, 0.5) is 0 Å². The van der Waals surface area contributed by atoms with Crippen LogP contribution in [0.1, 0.15) is 20.3 Å². The van der Waals surface area contributed by atoms with Crippen LogP contribution in [0.5, 0.6) is 5.75 Å². The van der Waals surface area contributed by atoms with Crippen molar-refractivity contribution >= 4 is 23.6 Å². The Kier molecular flexibility index (Phi) is 7.94. The summed E-state index contributed by atoms with van der Waals surface area (Å²) in [5.41, 5.74) is 0.768. The number of ether oxygens (including phenoxy) is 1. The summed E-state index contributed by atoms with van der Waals surface area (Å²) in [6, 6.07) is 7.31. The maximum absolute atomic E-state index is 11.8. The molecule has 0 radical (unpaired) electrons. The predicted octanol–water partition coefficient (Wildman–Crippen LogP) is 1.87. The fraction of sp³-hybridized carbons (Fsp3) is 0.412. The minimum atomic E-state index is -0.275. The van der Waals surface area contributed by atoms with E-state index >= 15 is 0 Å². The smallest absolute Gasteiger partial charge is 0.277 e. The van der Waals surface area contributed by atoms with Gasteiger partial charge in [0.25, 0.3) is 5.22 Å². The van der Waals surface area contributed by atoms with Crippen LogP contribution in [0.2, 0.25) is 0 Å². The van der Waals surface area contributed by atoms with Gasteiger partial charge in [-0.3, -0.25) is 9.59 Å². The van der Waals surface area contributed by atoms with Crippen molar-refractivity contribution in [2.45, 2.75) is 25.5 Å². The van der Waals surface area contributed by atoms with Crippen LogP contribution in [-0.2, 0) is 9.59 Å². The molecule has 0 saturated carbocycles. The molecule has 0 bridgehead atoms. The zero-order valence-electron chi connectivity index (χ0n) is 14.8. The lowest BCUT2D eigenvalue weighted by Crippen LogP contribution is -2.37. The number of carbonyl (C=O) groups is 2. The Labute approximate surface area is 156 Å². The van der Waals surface area contributed by atoms with Gasteiger partial charge in [-0.25, -0.2) is 0 Å². The van der Waals surface area contributed by atoms with Crippen LogP contribution in [0.15, 0.2) is 33.9 Å². The average molecular weight is 378 g/mol. The third-order valence-corrected chi connectivity index (χ3v) is 3.98. The van der Waals surface area contributed by atoms with Crippen LogP contribution < -0.4 is 15.4 Å². The lowest BCUT2D eigenvalue weighted by atomic mass is 10.2. The molecule has 0 saturated heterocycles. The number of nitrogens with zero attached hydrogens (tertiary/aromatic N) is 2. The molecule has 0 atom stereocenters. The molecule has 1 aromatic carbocycles. The summed E-state index contributed by atoms with van der Waals surface area (Å²) in [5.74, 6) is 0.745. The fourth-order valence-electron chi connectivity index (χ4n) is 1.93. The van der Waals surface area contributed by atoms with E-state index in [1.165, 1.54) is 0 Å². The monoisotopic (exact) mass is 378 g/mol. The van der Waals surface area contributed by atoms with E-state index < -0.39 is 0 Å². The van der Waals surface area contributed by atoms with E-state index in [0.29, 0.717) is 24.3 Å². The minimum Gasteiger partial charge on any atom is -0.494 e. The van der Waals surface area contributed by atoms with Gasteiger partial charge in [0.15, 0.2) is 0 Å². The predicted molar refractivity (Wildman–Crippen MR) is 97.9 cm³/mol. The van der Waals surface area contributed by atoms with Crippen LogP contribution in [0.25, 0.3) is 11.5 Å². The number of aromatic nitrogens is 2. The molecule has 140 valence electrons. The molecule has 0 fully saturated rings. The maximum Gasteiger partial charge on any atom is 0.277 e. The average Bonchev–Trinajstić information content (AvgIpc) is 3.13. The number of hydrogen-bond acceptors (Lipinski definition) is 7. The summed E-state index contributed by atoms with van der Waals surface area (Å²) >= 11 is 1.12. The largest absolute Gasteiger partial charge is 0.494 e. The molecule has 26 heavy (non-hydrogen) atoms. The number of hydrogen-bond donors (Lipinski definition) is 2. The van der Waals surface area contributed by atoms with Crippen molar-refractivity contribution in [2.24, 2.45) is 0 Å². The normalized spacial score (nSPS) is 10.4. The maximum atomic E-state index is 11.8. The van der Waals surface area contributed by atoms with Crippen LogP contribution in [0, 0.1) is 0 Å². The Morgan fingerprint density at radius 2 is 1.88 bits per heavy atom. The number of carbonyl (C=O) groups excluding carboxylic acids is 2. The van der Waals surface area contributed by atoms with Gasteiger partial charge in [0.05, 0.1) is 18.9 Å². The Morgan fingerprint density at radius 3 is 2.58 bits per heavy atom. The minimum absolute atomic E-state index is 0.0410. The summed E-state index contributed by atoms with van der Waals surface area (Å²) in [4.78, 5) is 23.2. The standard InChI is InChI=1S/C17H22N4O4S/c1-3-9-18-14(22)10-19-15(23)11-26-17-21-20-16(25-17)12-5-7-13(8-6-12)24-4-2/h5-8H,3-4,9-11H2,1-2H3,(H,18,22)(H,19,23). The highest BCUT2D eigenvalue weighted by atomic mass is 32.2. The molecule has 0 unspecified atom stereocenters. The van der Waals surface area contributed by atoms with Gasteiger partial charge in [0.2, 0.25) is 17.7 Å². The molecule has 0 spiro atoms. The molecule has 0 aliphatic rings. The van der Waals surface area contributed by atoms with Gasteiger partial charge in [-0.1, -0.05) is 18.7 Å². The van der Waals surface area contributed by atoms with Gasteiger partial charge in [-0.05, 0) is 37.6 Å². The van der Waals surface area contributed by atoms with Gasteiger partial charge in [-0.2, -0.15) is 0 Å². The summed E-state index contributed by atoms with van der Waals surface area (Å²) < 4.78 is 10.9. The van der Waals surface area contributed by atoms with E-state index in [2.05, 4.69) is 20.8 Å². The molecule has 2 N–H and O–H groups in total. The van der Waals surface area contributed by atoms with Crippen molar-refractivity contribution in [3.05, 3.63) is 24.3 Å². The first-order valence-electron chi connectivity index (χ1n) is 8.35. The first-order valence-corrected chi connectivity index (χ1v) is 9.33. The van der Waals surface area contributed by atoms with Gasteiger partial charge in [0.1, 0.15) is 5.75 Å². The highest BCUT2D eigenvalue weighted by molar-refractivity contribution is 7.99. The van der Waals surface area contributed by atoms with Crippen LogP contribution in [-0.4, -0.2) is 47.5 Å². The number of rotatable bonds is 10. The summed E-state index contributed by atoms with van der Waals surface area (Å²) in [6.07, 6.45) is 0.851. The summed E-state index contributed by atoms with van der Waals surface area (Å²) in [7, 11) is 0. The Hall–Kier alpha value is -2.55. The van der Waals surface area contributed by atoms with E-state index in [-0.39, 0.29) is 24.1 Å². The summed E-state index contributed by atoms with van der Waals surface area (Å²) in [6.45, 7) is 5.04. The first-order chi connectivity index (χ1) is 12.6. The van der Waals surface area contributed by atoms with E-state index in [1.807, 2.05) is 38.1 Å². The van der Waals surface area contributed by atoms with E-state index in [4.69, 9.17) is 9.15 Å². The van der Waals surface area contributed by atoms with Crippen molar-refractivity contribution in [1.29, 1.82) is 0 Å². The fourth-order valence-corrected chi connectivity index (χ4v) is 2.52. The number of amides is 2. The zero-order valence-corrected chi connectivity index (χ0v) is 15.6. The van der Waals surface area contributed by atoms with Crippen LogP contribution >= 0.6 is 11.8 Å². The Balaban J connectivity index is 1.79. The second kappa shape index (κ2) is 10.4. The van der Waals surface area contributed by atoms with Crippen LogP contribution in [0.3, 0.4) is 0 Å².